The summed E-state index contributed by atoms with van der Waals surface area (Å²) in [7, 11) is 1.49. The van der Waals surface area contributed by atoms with Crippen molar-refractivity contribution in [2.75, 3.05) is 26.9 Å². The molecule has 1 saturated carbocycles. The summed E-state index contributed by atoms with van der Waals surface area (Å²) in [4.78, 5) is 28.8. The number of hydrogen-bond acceptors (Lipinski definition) is 8. The highest BCUT2D eigenvalue weighted by atomic mass is 127. The van der Waals surface area contributed by atoms with Gasteiger partial charge in [0.25, 0.3) is 5.91 Å². The van der Waals surface area contributed by atoms with Gasteiger partial charge in [0.05, 0.1) is 29.9 Å². The predicted octanol–water partition coefficient (Wildman–Crippen LogP) is 2.05. The van der Waals surface area contributed by atoms with Gasteiger partial charge < -0.3 is 39.7 Å². The lowest BCUT2D eigenvalue weighted by atomic mass is 9.84. The van der Waals surface area contributed by atoms with Crippen LogP contribution in [0.25, 0.3) is 0 Å². The van der Waals surface area contributed by atoms with E-state index in [1.807, 2.05) is 0 Å². The molecule has 1 saturated heterocycles. The van der Waals surface area contributed by atoms with Crippen molar-refractivity contribution in [1.29, 1.82) is 0 Å². The number of nitrogens with zero attached hydrogens (tertiary/aromatic N) is 1. The van der Waals surface area contributed by atoms with Crippen molar-refractivity contribution in [1.82, 2.24) is 10.2 Å². The number of amides is 2. The molecule has 11 heteroatoms. The average Bonchev–Trinajstić information content (AvgIpc) is 3.50. The molecule has 3 aliphatic rings. The van der Waals surface area contributed by atoms with Crippen molar-refractivity contribution in [2.45, 2.75) is 88.4 Å². The fourth-order valence-electron chi connectivity index (χ4n) is 5.77. The maximum Gasteiger partial charge on any atom is 0.252 e. The Balaban J connectivity index is 1.71. The molecule has 0 spiro atoms. The Bertz CT molecular complexity index is 1040. The molecule has 1 aromatic carbocycles. The largest absolute Gasteiger partial charge is 0.493 e. The lowest BCUT2D eigenvalue weighted by molar-refractivity contribution is -0.152. The lowest BCUT2D eigenvalue weighted by Crippen LogP contribution is -2.60. The van der Waals surface area contributed by atoms with Gasteiger partial charge in [0.15, 0.2) is 11.5 Å². The van der Waals surface area contributed by atoms with Crippen LogP contribution in [0.3, 0.4) is 0 Å². The molecule has 216 valence electrons. The molecule has 1 aliphatic heterocycles. The van der Waals surface area contributed by atoms with E-state index in [2.05, 4.69) is 27.9 Å². The summed E-state index contributed by atoms with van der Waals surface area (Å²) in [6, 6.07) is 2.67. The van der Waals surface area contributed by atoms with Gasteiger partial charge in [-0.15, -0.1) is 0 Å². The maximum atomic E-state index is 13.9. The van der Waals surface area contributed by atoms with Crippen LogP contribution in [0.5, 0.6) is 11.5 Å². The van der Waals surface area contributed by atoms with Crippen molar-refractivity contribution < 1.29 is 39.1 Å². The molecule has 39 heavy (non-hydrogen) atoms. The topological polar surface area (TPSA) is 138 Å². The molecule has 4 rings (SSSR count). The summed E-state index contributed by atoms with van der Waals surface area (Å²) >= 11 is 2.08. The van der Waals surface area contributed by atoms with Crippen LogP contribution in [0, 0.1) is 3.57 Å². The Labute approximate surface area is 242 Å². The first-order chi connectivity index (χ1) is 18.9. The Morgan fingerprint density at radius 2 is 1.92 bits per heavy atom. The Kier molecular flexibility index (Phi) is 10.9. The van der Waals surface area contributed by atoms with E-state index in [1.54, 1.807) is 23.1 Å². The van der Waals surface area contributed by atoms with Crippen molar-refractivity contribution in [3.8, 4) is 11.5 Å². The third-order valence-corrected chi connectivity index (χ3v) is 8.53. The van der Waals surface area contributed by atoms with Gasteiger partial charge in [0.2, 0.25) is 5.91 Å². The normalized spacial score (nSPS) is 25.6. The Morgan fingerprint density at radius 3 is 2.56 bits per heavy atom. The van der Waals surface area contributed by atoms with Gasteiger partial charge in [0.1, 0.15) is 18.3 Å². The molecule has 2 amide bonds. The molecule has 0 radical (unpaired) electrons. The smallest absolute Gasteiger partial charge is 0.252 e. The molecule has 1 aromatic rings. The van der Waals surface area contributed by atoms with Crippen LogP contribution in [0.1, 0.15) is 56.9 Å². The Hall–Kier alpha value is -1.93. The number of benzene rings is 1. The molecule has 2 fully saturated rings. The molecule has 1 heterocycles. The number of halogens is 1. The van der Waals surface area contributed by atoms with Crippen LogP contribution in [0.4, 0.5) is 0 Å². The van der Waals surface area contributed by atoms with E-state index < -0.39 is 24.4 Å². The fraction of sp³-hybridized carbons (Fsp3) is 0.643. The van der Waals surface area contributed by atoms with E-state index in [0.717, 1.165) is 38.5 Å². The first-order valence-electron chi connectivity index (χ1n) is 13.7. The van der Waals surface area contributed by atoms with Gasteiger partial charge >= 0.3 is 0 Å². The third-order valence-electron chi connectivity index (χ3n) is 7.73. The highest BCUT2D eigenvalue weighted by Gasteiger charge is 2.45. The summed E-state index contributed by atoms with van der Waals surface area (Å²) < 4.78 is 18.3. The molecule has 4 N–H and O–H groups in total. The highest BCUT2D eigenvalue weighted by Crippen LogP contribution is 2.38. The van der Waals surface area contributed by atoms with Crippen LogP contribution in [0.2, 0.25) is 0 Å². The number of aliphatic hydroxyl groups is 3. The van der Waals surface area contributed by atoms with Gasteiger partial charge in [-0.1, -0.05) is 19.3 Å². The zero-order chi connectivity index (χ0) is 27.9. The number of rotatable bonds is 10. The second kappa shape index (κ2) is 14.1. The van der Waals surface area contributed by atoms with Crippen LogP contribution < -0.4 is 14.8 Å². The van der Waals surface area contributed by atoms with E-state index >= 15 is 0 Å². The van der Waals surface area contributed by atoms with Crippen molar-refractivity contribution in [3.05, 3.63) is 32.9 Å². The van der Waals surface area contributed by atoms with E-state index in [9.17, 15) is 24.9 Å². The fourth-order valence-corrected chi connectivity index (χ4v) is 6.57. The van der Waals surface area contributed by atoms with E-state index in [1.165, 1.54) is 7.11 Å². The summed E-state index contributed by atoms with van der Waals surface area (Å²) in [5.41, 5.74) is 1.03. The first kappa shape index (κ1) is 30.0. The zero-order valence-electron chi connectivity index (χ0n) is 22.3. The van der Waals surface area contributed by atoms with Crippen LogP contribution >= 0.6 is 22.6 Å². The molecule has 10 nitrogen and oxygen atoms in total. The third kappa shape index (κ3) is 7.05. The average molecular weight is 659 g/mol. The standard InChI is InChI=1S/C28H39IN2O8/c1-37-24-13-17(16-33)12-20(29)26(24)39-23-15-18(27(35)30-9-10-32)14-21(25(23)34)31(19-6-3-2-4-7-19)28(36)22-8-5-11-38-22/h12-13,15,19,21-23,25,32-34H,2-11,14,16H2,1H3,(H,30,35)/t21-,22?,23+,25+/m1/s1. The second-order valence-corrected chi connectivity index (χ2v) is 11.5. The number of carbonyl (C=O) groups excluding carboxylic acids is 2. The van der Waals surface area contributed by atoms with Crippen molar-refractivity contribution in [2.24, 2.45) is 0 Å². The minimum atomic E-state index is -1.12. The maximum absolute atomic E-state index is 13.9. The number of aliphatic hydroxyl groups excluding tert-OH is 3. The van der Waals surface area contributed by atoms with E-state index in [0.29, 0.717) is 39.2 Å². The van der Waals surface area contributed by atoms with Crippen LogP contribution in [0.15, 0.2) is 23.8 Å². The molecule has 0 aromatic heterocycles. The van der Waals surface area contributed by atoms with Crippen LogP contribution in [-0.2, 0) is 20.9 Å². The minimum absolute atomic E-state index is 0.0610. The van der Waals surface area contributed by atoms with Gasteiger partial charge in [0, 0.05) is 31.2 Å². The number of methoxy groups -OCH3 is 1. The summed E-state index contributed by atoms with van der Waals surface area (Å²) in [5.74, 6) is 0.249. The van der Waals surface area contributed by atoms with Crippen molar-refractivity contribution >= 4 is 34.4 Å². The first-order valence-corrected chi connectivity index (χ1v) is 14.8. The Morgan fingerprint density at radius 1 is 1.15 bits per heavy atom. The van der Waals surface area contributed by atoms with Gasteiger partial charge in [-0.3, -0.25) is 9.59 Å². The number of ether oxygens (including phenoxy) is 3. The summed E-state index contributed by atoms with van der Waals surface area (Å²) in [5, 5.41) is 33.3. The number of nitrogens with one attached hydrogen (secondary N) is 1. The molecule has 0 bridgehead atoms. The predicted molar refractivity (Wildman–Crippen MR) is 151 cm³/mol. The van der Waals surface area contributed by atoms with E-state index in [-0.39, 0.29) is 44.0 Å². The van der Waals surface area contributed by atoms with Gasteiger partial charge in [-0.2, -0.15) is 0 Å². The molecular weight excluding hydrogens is 619 g/mol. The van der Waals surface area contributed by atoms with Gasteiger partial charge in [-0.05, 0) is 72.0 Å². The second-order valence-electron chi connectivity index (χ2n) is 10.3. The highest BCUT2D eigenvalue weighted by molar-refractivity contribution is 14.1. The van der Waals surface area contributed by atoms with Crippen LogP contribution in [-0.4, -0.2) is 89.3 Å². The summed E-state index contributed by atoms with van der Waals surface area (Å²) in [6.45, 7) is 0.246. The van der Waals surface area contributed by atoms with E-state index in [4.69, 9.17) is 14.2 Å². The van der Waals surface area contributed by atoms with Gasteiger partial charge in [-0.25, -0.2) is 0 Å². The number of carbonyl (C=O) groups is 2. The quantitative estimate of drug-likeness (QED) is 0.281. The monoisotopic (exact) mass is 658 g/mol. The SMILES string of the molecule is COc1cc(CO)cc(I)c1O[C@H]1C=C(C(=O)NCCO)C[C@@H](N(C(=O)C2CCCO2)C2CCCCC2)[C@@H]1O. The summed E-state index contributed by atoms with van der Waals surface area (Å²) in [6.07, 6.45) is 5.33. The lowest BCUT2D eigenvalue weighted by Gasteiger charge is -2.46. The minimum Gasteiger partial charge on any atom is -0.493 e. The van der Waals surface area contributed by atoms with Crippen molar-refractivity contribution in [3.63, 3.8) is 0 Å². The molecule has 2 aliphatic carbocycles. The zero-order valence-corrected chi connectivity index (χ0v) is 24.5. The molecule has 4 atom stereocenters. The number of hydrogen-bond donors (Lipinski definition) is 4. The molecule has 1 unspecified atom stereocenters. The molecular formula is C28H39IN2O8.